The van der Waals surface area contributed by atoms with Crippen LogP contribution in [0.25, 0.3) is 0 Å². The van der Waals surface area contributed by atoms with E-state index >= 15 is 0 Å². The van der Waals surface area contributed by atoms with Gasteiger partial charge in [-0.3, -0.25) is 4.79 Å². The van der Waals surface area contributed by atoms with Crippen molar-refractivity contribution in [2.45, 2.75) is 39.2 Å². The zero-order valence-corrected chi connectivity index (χ0v) is 18.8. The van der Waals surface area contributed by atoms with Gasteiger partial charge in [0, 0.05) is 5.02 Å². The molecule has 0 aliphatic heterocycles. The molecule has 0 radical (unpaired) electrons. The number of carbonyl (C=O) groups is 1. The van der Waals surface area contributed by atoms with Gasteiger partial charge in [0.2, 0.25) is 5.91 Å². The van der Waals surface area contributed by atoms with Crippen molar-refractivity contribution in [3.8, 4) is 5.75 Å². The molecule has 0 aliphatic rings. The van der Waals surface area contributed by atoms with Crippen molar-refractivity contribution in [1.82, 2.24) is 5.43 Å². The van der Waals surface area contributed by atoms with Crippen molar-refractivity contribution in [2.75, 3.05) is 0 Å². The average molecular weight is 435 g/mol. The van der Waals surface area contributed by atoms with E-state index in [1.807, 2.05) is 60.7 Å². The minimum Gasteiger partial charge on any atom is -0.489 e. The Hall–Kier alpha value is -3.11. The Morgan fingerprint density at radius 1 is 0.935 bits per heavy atom. The molecule has 160 valence electrons. The summed E-state index contributed by atoms with van der Waals surface area (Å²) < 4.78 is 5.77. The SMILES string of the molecule is CC(C)(C)c1ccc(CC(=O)N/N=C\c2ccc(OCc3ccc(Cl)cc3)cc2)cc1. The number of rotatable bonds is 7. The fourth-order valence-electron chi connectivity index (χ4n) is 2.92. The Kier molecular flexibility index (Phi) is 7.48. The van der Waals surface area contributed by atoms with Crippen molar-refractivity contribution in [1.29, 1.82) is 0 Å². The molecule has 1 N–H and O–H groups in total. The molecule has 3 rings (SSSR count). The van der Waals surface area contributed by atoms with E-state index in [0.29, 0.717) is 18.1 Å². The topological polar surface area (TPSA) is 50.7 Å². The first-order valence-corrected chi connectivity index (χ1v) is 10.6. The molecular formula is C26H27ClN2O2. The van der Waals surface area contributed by atoms with Crippen LogP contribution in [0.1, 0.15) is 43.0 Å². The normalized spacial score (nSPS) is 11.5. The molecule has 0 aromatic heterocycles. The number of hydrogen-bond donors (Lipinski definition) is 1. The molecule has 0 saturated heterocycles. The molecule has 0 fully saturated rings. The molecule has 0 atom stereocenters. The first-order chi connectivity index (χ1) is 14.8. The number of nitrogens with zero attached hydrogens (tertiary/aromatic N) is 1. The Balaban J connectivity index is 1.45. The molecule has 1 amide bonds. The summed E-state index contributed by atoms with van der Waals surface area (Å²) in [7, 11) is 0. The highest BCUT2D eigenvalue weighted by atomic mass is 35.5. The highest BCUT2D eigenvalue weighted by Crippen LogP contribution is 2.22. The van der Waals surface area contributed by atoms with Gasteiger partial charge in [-0.1, -0.05) is 68.8 Å². The lowest BCUT2D eigenvalue weighted by Gasteiger charge is -2.19. The van der Waals surface area contributed by atoms with Gasteiger partial charge in [-0.2, -0.15) is 5.10 Å². The largest absolute Gasteiger partial charge is 0.489 e. The highest BCUT2D eigenvalue weighted by Gasteiger charge is 2.13. The van der Waals surface area contributed by atoms with E-state index in [4.69, 9.17) is 16.3 Å². The van der Waals surface area contributed by atoms with Crippen LogP contribution in [-0.4, -0.2) is 12.1 Å². The van der Waals surface area contributed by atoms with Gasteiger partial charge in [-0.05, 0) is 64.1 Å². The summed E-state index contributed by atoms with van der Waals surface area (Å²) in [5.74, 6) is 0.609. The van der Waals surface area contributed by atoms with Crippen LogP contribution < -0.4 is 10.2 Å². The van der Waals surface area contributed by atoms with Crippen LogP contribution in [0.4, 0.5) is 0 Å². The number of hydrazone groups is 1. The van der Waals surface area contributed by atoms with Crippen LogP contribution in [0.2, 0.25) is 5.02 Å². The van der Waals surface area contributed by atoms with E-state index in [9.17, 15) is 4.79 Å². The second kappa shape index (κ2) is 10.3. The number of carbonyl (C=O) groups excluding carboxylic acids is 1. The molecule has 0 bridgehead atoms. The fraction of sp³-hybridized carbons (Fsp3) is 0.231. The lowest BCUT2D eigenvalue weighted by molar-refractivity contribution is -0.120. The minimum absolute atomic E-state index is 0.0987. The molecule has 0 saturated carbocycles. The van der Waals surface area contributed by atoms with Gasteiger partial charge >= 0.3 is 0 Å². The summed E-state index contributed by atoms with van der Waals surface area (Å²) in [5, 5.41) is 4.75. The van der Waals surface area contributed by atoms with Crippen LogP contribution in [-0.2, 0) is 23.2 Å². The first kappa shape index (κ1) is 22.6. The van der Waals surface area contributed by atoms with Gasteiger partial charge < -0.3 is 4.74 Å². The summed E-state index contributed by atoms with van der Waals surface area (Å²) in [4.78, 5) is 12.1. The second-order valence-electron chi connectivity index (χ2n) is 8.40. The Labute approximate surface area is 188 Å². The first-order valence-electron chi connectivity index (χ1n) is 10.2. The van der Waals surface area contributed by atoms with Gasteiger partial charge in [0.05, 0.1) is 12.6 Å². The summed E-state index contributed by atoms with van der Waals surface area (Å²) in [6, 6.07) is 23.2. The lowest BCUT2D eigenvalue weighted by atomic mass is 9.86. The number of hydrogen-bond acceptors (Lipinski definition) is 3. The quantitative estimate of drug-likeness (QED) is 0.371. The monoisotopic (exact) mass is 434 g/mol. The maximum absolute atomic E-state index is 12.1. The van der Waals surface area contributed by atoms with Crippen LogP contribution in [0.5, 0.6) is 5.75 Å². The third-order valence-corrected chi connectivity index (χ3v) is 5.04. The smallest absolute Gasteiger partial charge is 0.244 e. The van der Waals surface area contributed by atoms with Crippen molar-refractivity contribution >= 4 is 23.7 Å². The molecule has 3 aromatic rings. The van der Waals surface area contributed by atoms with Gasteiger partial charge in [-0.15, -0.1) is 0 Å². The predicted octanol–water partition coefficient (Wildman–Crippen LogP) is 5.91. The molecule has 31 heavy (non-hydrogen) atoms. The average Bonchev–Trinajstić information content (AvgIpc) is 2.74. The van der Waals surface area contributed by atoms with Crippen LogP contribution in [0.15, 0.2) is 77.9 Å². The Morgan fingerprint density at radius 3 is 2.16 bits per heavy atom. The fourth-order valence-corrected chi connectivity index (χ4v) is 3.05. The summed E-state index contributed by atoms with van der Waals surface area (Å²) in [5.41, 5.74) is 6.80. The van der Waals surface area contributed by atoms with Crippen molar-refractivity contribution in [3.63, 3.8) is 0 Å². The second-order valence-corrected chi connectivity index (χ2v) is 8.84. The zero-order chi connectivity index (χ0) is 22.3. The van der Waals surface area contributed by atoms with E-state index in [1.54, 1.807) is 6.21 Å². The highest BCUT2D eigenvalue weighted by molar-refractivity contribution is 6.30. The van der Waals surface area contributed by atoms with Crippen LogP contribution in [0, 0.1) is 0 Å². The van der Waals surface area contributed by atoms with Crippen molar-refractivity contribution in [2.24, 2.45) is 5.10 Å². The van der Waals surface area contributed by atoms with Gasteiger partial charge in [0.1, 0.15) is 12.4 Å². The summed E-state index contributed by atoms with van der Waals surface area (Å²) in [6.07, 6.45) is 1.91. The number of nitrogens with one attached hydrogen (secondary N) is 1. The van der Waals surface area contributed by atoms with Gasteiger partial charge in [0.25, 0.3) is 0 Å². The van der Waals surface area contributed by atoms with E-state index in [-0.39, 0.29) is 11.3 Å². The standard InChI is InChI=1S/C26H27ClN2O2/c1-26(2,3)22-10-4-19(5-11-22)16-25(30)29-28-17-20-8-14-24(15-9-20)31-18-21-6-12-23(27)13-7-21/h4-15,17H,16,18H2,1-3H3,(H,29,30)/b28-17-. The predicted molar refractivity (Wildman–Crippen MR) is 127 cm³/mol. The van der Waals surface area contributed by atoms with E-state index in [1.165, 1.54) is 5.56 Å². The van der Waals surface area contributed by atoms with E-state index in [2.05, 4.69) is 43.4 Å². The number of amides is 1. The molecule has 3 aromatic carbocycles. The van der Waals surface area contributed by atoms with Gasteiger partial charge in [0.15, 0.2) is 0 Å². The third kappa shape index (κ3) is 7.26. The van der Waals surface area contributed by atoms with Crippen molar-refractivity contribution in [3.05, 3.63) is 100 Å². The van der Waals surface area contributed by atoms with Gasteiger partial charge in [-0.25, -0.2) is 5.43 Å². The Bertz CT molecular complexity index is 1020. The lowest BCUT2D eigenvalue weighted by Crippen LogP contribution is -2.20. The maximum atomic E-state index is 12.1. The zero-order valence-electron chi connectivity index (χ0n) is 18.1. The van der Waals surface area contributed by atoms with Crippen LogP contribution in [0.3, 0.4) is 0 Å². The van der Waals surface area contributed by atoms with E-state index < -0.39 is 0 Å². The van der Waals surface area contributed by atoms with E-state index in [0.717, 1.165) is 22.4 Å². The summed E-state index contributed by atoms with van der Waals surface area (Å²) in [6.45, 7) is 6.97. The third-order valence-electron chi connectivity index (χ3n) is 4.79. The molecule has 0 aliphatic carbocycles. The number of halogens is 1. The van der Waals surface area contributed by atoms with Crippen molar-refractivity contribution < 1.29 is 9.53 Å². The molecule has 0 unspecified atom stereocenters. The maximum Gasteiger partial charge on any atom is 0.244 e. The molecule has 0 spiro atoms. The minimum atomic E-state index is -0.150. The Morgan fingerprint density at radius 2 is 1.55 bits per heavy atom. The van der Waals surface area contributed by atoms with Crippen LogP contribution >= 0.6 is 11.6 Å². The molecular weight excluding hydrogens is 408 g/mol. The molecule has 5 heteroatoms. The molecule has 0 heterocycles. The number of ether oxygens (including phenoxy) is 1. The summed E-state index contributed by atoms with van der Waals surface area (Å²) >= 11 is 5.89. The number of benzene rings is 3. The molecule has 4 nitrogen and oxygen atoms in total.